The van der Waals surface area contributed by atoms with Crippen molar-refractivity contribution in [3.63, 3.8) is 0 Å². The van der Waals surface area contributed by atoms with Gasteiger partial charge in [0.25, 0.3) is 5.91 Å². The maximum absolute atomic E-state index is 12.1. The molecule has 0 heterocycles. The van der Waals surface area contributed by atoms with Crippen molar-refractivity contribution in [2.45, 2.75) is 59.1 Å². The Morgan fingerprint density at radius 2 is 1.97 bits per heavy atom. The van der Waals surface area contributed by atoms with E-state index in [9.17, 15) is 9.59 Å². The summed E-state index contributed by atoms with van der Waals surface area (Å²) in [6, 6.07) is 5.55. The molecule has 0 saturated heterocycles. The maximum Gasteiger partial charge on any atom is 0.331 e. The first kappa shape index (κ1) is 22.8. The standard InChI is InChI=1S/C23H33NO5/c1-15(2)29-20-11-9-18(13-21(20)27-5)10-12-23(26)28-14-22(25)24-19-8-6-7-16(3)17(19)4/h9-13,15-17,19H,6-8,14H2,1-5H3,(H,24,25)/b12-10+/t16-,17+,19-/m0/s1. The summed E-state index contributed by atoms with van der Waals surface area (Å²) < 4.78 is 16.1. The molecule has 1 amide bonds. The number of amides is 1. The smallest absolute Gasteiger partial charge is 0.331 e. The van der Waals surface area contributed by atoms with E-state index in [0.717, 1.165) is 18.4 Å². The first-order chi connectivity index (χ1) is 13.8. The van der Waals surface area contributed by atoms with Crippen LogP contribution in [0.5, 0.6) is 11.5 Å². The van der Waals surface area contributed by atoms with Gasteiger partial charge in [-0.2, -0.15) is 0 Å². The average Bonchev–Trinajstić information content (AvgIpc) is 2.68. The molecule has 1 aliphatic rings. The first-order valence-corrected chi connectivity index (χ1v) is 10.3. The molecular formula is C23H33NO5. The molecule has 3 atom stereocenters. The Morgan fingerprint density at radius 3 is 2.66 bits per heavy atom. The predicted molar refractivity (Wildman–Crippen MR) is 113 cm³/mol. The van der Waals surface area contributed by atoms with Crippen LogP contribution in [0.25, 0.3) is 6.08 Å². The first-order valence-electron chi connectivity index (χ1n) is 10.3. The van der Waals surface area contributed by atoms with Crippen molar-refractivity contribution in [1.82, 2.24) is 5.32 Å². The van der Waals surface area contributed by atoms with Gasteiger partial charge in [-0.1, -0.05) is 32.8 Å². The lowest BCUT2D eigenvalue weighted by molar-refractivity contribution is -0.144. The third-order valence-corrected chi connectivity index (χ3v) is 5.36. The fourth-order valence-electron chi connectivity index (χ4n) is 3.52. The molecule has 0 spiro atoms. The van der Waals surface area contributed by atoms with E-state index in [0.29, 0.717) is 23.3 Å². The second kappa shape index (κ2) is 10.9. The number of carbonyl (C=O) groups is 2. The molecule has 0 aliphatic heterocycles. The van der Waals surface area contributed by atoms with Crippen molar-refractivity contribution >= 4 is 18.0 Å². The van der Waals surface area contributed by atoms with Crippen LogP contribution in [0, 0.1) is 11.8 Å². The molecule has 1 saturated carbocycles. The molecule has 29 heavy (non-hydrogen) atoms. The van der Waals surface area contributed by atoms with Crippen molar-refractivity contribution in [2.24, 2.45) is 11.8 Å². The zero-order valence-electron chi connectivity index (χ0n) is 18.1. The maximum atomic E-state index is 12.1. The van der Waals surface area contributed by atoms with E-state index >= 15 is 0 Å². The number of ether oxygens (including phenoxy) is 3. The van der Waals surface area contributed by atoms with Crippen molar-refractivity contribution in [2.75, 3.05) is 13.7 Å². The third kappa shape index (κ3) is 7.11. The van der Waals surface area contributed by atoms with E-state index in [1.54, 1.807) is 25.3 Å². The number of hydrogen-bond donors (Lipinski definition) is 1. The normalized spacial score (nSPS) is 21.8. The Bertz CT molecular complexity index is 728. The molecule has 1 aromatic rings. The molecule has 1 fully saturated rings. The minimum Gasteiger partial charge on any atom is -0.493 e. The van der Waals surface area contributed by atoms with Crippen LogP contribution >= 0.6 is 0 Å². The summed E-state index contributed by atoms with van der Waals surface area (Å²) in [5, 5.41) is 2.99. The lowest BCUT2D eigenvalue weighted by Gasteiger charge is -2.34. The molecule has 1 N–H and O–H groups in total. The van der Waals surface area contributed by atoms with E-state index in [4.69, 9.17) is 14.2 Å². The second-order valence-corrected chi connectivity index (χ2v) is 7.96. The van der Waals surface area contributed by atoms with E-state index < -0.39 is 5.97 Å². The van der Waals surface area contributed by atoms with Crippen LogP contribution in [0.4, 0.5) is 0 Å². The molecule has 6 heteroatoms. The van der Waals surface area contributed by atoms with Gasteiger partial charge in [-0.15, -0.1) is 0 Å². The number of rotatable bonds is 8. The van der Waals surface area contributed by atoms with Crippen molar-refractivity contribution < 1.29 is 23.8 Å². The fraction of sp³-hybridized carbons (Fsp3) is 0.565. The number of hydrogen-bond acceptors (Lipinski definition) is 5. The Morgan fingerprint density at radius 1 is 1.21 bits per heavy atom. The molecular weight excluding hydrogens is 370 g/mol. The molecule has 0 bridgehead atoms. The summed E-state index contributed by atoms with van der Waals surface area (Å²) in [6.07, 6.45) is 6.24. The number of benzene rings is 1. The van der Waals surface area contributed by atoms with E-state index in [1.807, 2.05) is 19.9 Å². The molecule has 0 unspecified atom stereocenters. The van der Waals surface area contributed by atoms with Crippen LogP contribution in [-0.2, 0) is 14.3 Å². The van der Waals surface area contributed by atoms with Crippen LogP contribution in [0.1, 0.15) is 52.5 Å². The summed E-state index contributed by atoms with van der Waals surface area (Å²) in [7, 11) is 1.57. The monoisotopic (exact) mass is 403 g/mol. The van der Waals surface area contributed by atoms with Crippen LogP contribution in [0.3, 0.4) is 0 Å². The topological polar surface area (TPSA) is 73.9 Å². The van der Waals surface area contributed by atoms with Crippen molar-refractivity contribution in [3.8, 4) is 11.5 Å². The zero-order valence-corrected chi connectivity index (χ0v) is 18.1. The molecule has 1 aromatic carbocycles. The van der Waals surface area contributed by atoms with Gasteiger partial charge >= 0.3 is 5.97 Å². The van der Waals surface area contributed by atoms with Gasteiger partial charge in [0.1, 0.15) is 0 Å². The summed E-state index contributed by atoms with van der Waals surface area (Å²) in [6.45, 7) is 7.98. The fourth-order valence-corrected chi connectivity index (χ4v) is 3.52. The second-order valence-electron chi connectivity index (χ2n) is 7.96. The summed E-state index contributed by atoms with van der Waals surface area (Å²) >= 11 is 0. The van der Waals surface area contributed by atoms with Crippen LogP contribution < -0.4 is 14.8 Å². The minimum atomic E-state index is -0.563. The van der Waals surface area contributed by atoms with Gasteiger partial charge in [-0.3, -0.25) is 4.79 Å². The number of carbonyl (C=O) groups excluding carboxylic acids is 2. The molecule has 160 valence electrons. The summed E-state index contributed by atoms with van der Waals surface area (Å²) in [4.78, 5) is 24.1. The summed E-state index contributed by atoms with van der Waals surface area (Å²) in [5.41, 5.74) is 0.768. The largest absolute Gasteiger partial charge is 0.493 e. The Hall–Kier alpha value is -2.50. The van der Waals surface area contributed by atoms with E-state index in [1.165, 1.54) is 12.5 Å². The molecule has 0 radical (unpaired) electrons. The van der Waals surface area contributed by atoms with Gasteiger partial charge < -0.3 is 19.5 Å². The van der Waals surface area contributed by atoms with E-state index in [-0.39, 0.29) is 24.7 Å². The van der Waals surface area contributed by atoms with Gasteiger partial charge in [0.15, 0.2) is 18.1 Å². The lowest BCUT2D eigenvalue weighted by atomic mass is 9.78. The predicted octanol–water partition coefficient (Wildman–Crippen LogP) is 3.98. The van der Waals surface area contributed by atoms with E-state index in [2.05, 4.69) is 19.2 Å². The van der Waals surface area contributed by atoms with Crippen LogP contribution in [0.2, 0.25) is 0 Å². The number of esters is 1. The number of methoxy groups -OCH3 is 1. The van der Waals surface area contributed by atoms with Crippen LogP contribution in [0.15, 0.2) is 24.3 Å². The SMILES string of the molecule is COc1cc(/C=C/C(=O)OCC(=O)N[C@H]2CCC[C@H](C)[C@H]2C)ccc1OC(C)C. The van der Waals surface area contributed by atoms with Gasteiger partial charge in [0, 0.05) is 12.1 Å². The highest BCUT2D eigenvalue weighted by atomic mass is 16.5. The highest BCUT2D eigenvalue weighted by Crippen LogP contribution is 2.30. The summed E-state index contributed by atoms with van der Waals surface area (Å²) in [5.74, 6) is 1.44. The molecule has 0 aromatic heterocycles. The van der Waals surface area contributed by atoms with Gasteiger partial charge in [0.2, 0.25) is 0 Å². The van der Waals surface area contributed by atoms with Crippen molar-refractivity contribution in [3.05, 3.63) is 29.8 Å². The highest BCUT2D eigenvalue weighted by Gasteiger charge is 2.28. The van der Waals surface area contributed by atoms with Gasteiger partial charge in [0.05, 0.1) is 13.2 Å². The Kier molecular flexibility index (Phi) is 8.55. The molecule has 1 aliphatic carbocycles. The Balaban J connectivity index is 1.84. The lowest BCUT2D eigenvalue weighted by Crippen LogP contribution is -2.45. The Labute approximate surface area is 173 Å². The van der Waals surface area contributed by atoms with Gasteiger partial charge in [-0.05, 0) is 55.9 Å². The average molecular weight is 404 g/mol. The quantitative estimate of drug-likeness (QED) is 0.525. The van der Waals surface area contributed by atoms with Gasteiger partial charge in [-0.25, -0.2) is 4.79 Å². The zero-order chi connectivity index (χ0) is 21.4. The minimum absolute atomic E-state index is 0.0335. The van der Waals surface area contributed by atoms with Crippen molar-refractivity contribution in [1.29, 1.82) is 0 Å². The number of nitrogens with one attached hydrogen (secondary N) is 1. The highest BCUT2D eigenvalue weighted by molar-refractivity contribution is 5.89. The van der Waals surface area contributed by atoms with Crippen LogP contribution in [-0.4, -0.2) is 37.7 Å². The third-order valence-electron chi connectivity index (χ3n) is 5.36. The molecule has 6 nitrogen and oxygen atoms in total. The molecule has 2 rings (SSSR count).